The summed E-state index contributed by atoms with van der Waals surface area (Å²) in [6.07, 6.45) is 5.07. The molecule has 2 aliphatic rings. The zero-order valence-electron chi connectivity index (χ0n) is 13.5. The van der Waals surface area contributed by atoms with Crippen molar-refractivity contribution < 1.29 is 14.6 Å². The van der Waals surface area contributed by atoms with E-state index in [-0.39, 0.29) is 17.9 Å². The Morgan fingerprint density at radius 1 is 1.30 bits per heavy atom. The zero-order chi connectivity index (χ0) is 16.4. The number of aliphatic hydroxyl groups excluding tert-OH is 1. The molecule has 0 radical (unpaired) electrons. The predicted octanol–water partition coefficient (Wildman–Crippen LogP) is 3.50. The van der Waals surface area contributed by atoms with Crippen LogP contribution in [0.1, 0.15) is 49.4 Å². The molecule has 4 nitrogen and oxygen atoms in total. The van der Waals surface area contributed by atoms with Crippen LogP contribution < -0.4 is 4.74 Å². The summed E-state index contributed by atoms with van der Waals surface area (Å²) in [5, 5.41) is 10.1. The van der Waals surface area contributed by atoms with E-state index in [1.54, 1.807) is 12.1 Å². The highest BCUT2D eigenvalue weighted by Gasteiger charge is 2.27. The van der Waals surface area contributed by atoms with E-state index >= 15 is 0 Å². The maximum Gasteiger partial charge on any atom is 0.255 e. The van der Waals surface area contributed by atoms with E-state index < -0.39 is 0 Å². The van der Waals surface area contributed by atoms with Crippen molar-refractivity contribution in [2.24, 2.45) is 5.92 Å². The Kier molecular flexibility index (Phi) is 5.12. The minimum atomic E-state index is -0.307. The maximum atomic E-state index is 12.6. The quantitative estimate of drug-likeness (QED) is 0.914. The van der Waals surface area contributed by atoms with Crippen molar-refractivity contribution in [2.45, 2.75) is 51.2 Å². The second-order valence-electron chi connectivity index (χ2n) is 6.68. The normalized spacial score (nSPS) is 20.9. The lowest BCUT2D eigenvalue weighted by atomic mass is 9.92. The monoisotopic (exact) mass is 337 g/mol. The van der Waals surface area contributed by atoms with Crippen molar-refractivity contribution in [3.05, 3.63) is 28.8 Å². The average Bonchev–Trinajstić information content (AvgIpc) is 2.50. The molecule has 2 fully saturated rings. The number of halogens is 1. The van der Waals surface area contributed by atoms with Gasteiger partial charge < -0.3 is 14.7 Å². The van der Waals surface area contributed by atoms with Gasteiger partial charge in [0, 0.05) is 13.1 Å². The number of piperidine rings is 1. The zero-order valence-corrected chi connectivity index (χ0v) is 14.3. The van der Waals surface area contributed by atoms with Crippen molar-refractivity contribution in [3.63, 3.8) is 0 Å². The number of carbonyl (C=O) groups excluding carboxylic acids is 1. The molecule has 0 spiro atoms. The fourth-order valence-corrected chi connectivity index (χ4v) is 3.43. The molecule has 1 aromatic rings. The molecule has 0 aromatic heterocycles. The number of likely N-dealkylation sites (tertiary alicyclic amines) is 1. The van der Waals surface area contributed by atoms with Crippen molar-refractivity contribution in [3.8, 4) is 5.75 Å². The lowest BCUT2D eigenvalue weighted by Gasteiger charge is -2.33. The first kappa shape index (κ1) is 16.6. The first-order chi connectivity index (χ1) is 11.0. The van der Waals surface area contributed by atoms with Gasteiger partial charge in [-0.2, -0.15) is 0 Å². The van der Waals surface area contributed by atoms with Gasteiger partial charge in [-0.1, -0.05) is 11.6 Å². The van der Waals surface area contributed by atoms with Crippen molar-refractivity contribution in [2.75, 3.05) is 13.1 Å². The minimum Gasteiger partial charge on any atom is -0.490 e. The number of rotatable bonds is 4. The third kappa shape index (κ3) is 3.81. The van der Waals surface area contributed by atoms with Gasteiger partial charge in [0.1, 0.15) is 5.75 Å². The third-order valence-electron chi connectivity index (χ3n) is 5.03. The van der Waals surface area contributed by atoms with Crippen LogP contribution in [0.25, 0.3) is 0 Å². The molecular weight excluding hydrogens is 314 g/mol. The smallest absolute Gasteiger partial charge is 0.255 e. The van der Waals surface area contributed by atoms with Crippen LogP contribution >= 0.6 is 11.6 Å². The number of amides is 1. The minimum absolute atomic E-state index is 0.0331. The second-order valence-corrected chi connectivity index (χ2v) is 7.09. The molecule has 1 unspecified atom stereocenters. The molecule has 1 amide bonds. The van der Waals surface area contributed by atoms with Crippen LogP contribution in [-0.2, 0) is 0 Å². The van der Waals surface area contributed by atoms with Gasteiger partial charge in [0.15, 0.2) is 0 Å². The van der Waals surface area contributed by atoms with Crippen molar-refractivity contribution in [1.29, 1.82) is 0 Å². The highest BCUT2D eigenvalue weighted by atomic mass is 35.5. The number of carbonyl (C=O) groups is 1. The van der Waals surface area contributed by atoms with Gasteiger partial charge in [-0.15, -0.1) is 0 Å². The summed E-state index contributed by atoms with van der Waals surface area (Å²) in [6.45, 7) is 3.16. The Balaban J connectivity index is 1.63. The number of aliphatic hydroxyl groups is 1. The molecule has 1 aliphatic carbocycles. The average molecular weight is 338 g/mol. The van der Waals surface area contributed by atoms with Gasteiger partial charge in [0.25, 0.3) is 5.91 Å². The number of hydrogen-bond donors (Lipinski definition) is 1. The van der Waals surface area contributed by atoms with Crippen LogP contribution in [0.3, 0.4) is 0 Å². The lowest BCUT2D eigenvalue weighted by molar-refractivity contribution is 0.0521. The number of ether oxygens (including phenoxy) is 1. The largest absolute Gasteiger partial charge is 0.490 e. The van der Waals surface area contributed by atoms with Crippen molar-refractivity contribution >= 4 is 17.5 Å². The summed E-state index contributed by atoms with van der Waals surface area (Å²) in [4.78, 5) is 14.5. The van der Waals surface area contributed by atoms with Crippen LogP contribution in [0.2, 0.25) is 5.02 Å². The highest BCUT2D eigenvalue weighted by Crippen LogP contribution is 2.30. The summed E-state index contributed by atoms with van der Waals surface area (Å²) in [5.74, 6) is 0.992. The second kappa shape index (κ2) is 7.10. The van der Waals surface area contributed by atoms with E-state index in [2.05, 4.69) is 0 Å². The van der Waals surface area contributed by atoms with Gasteiger partial charge in [-0.25, -0.2) is 0 Å². The molecule has 5 heteroatoms. The van der Waals surface area contributed by atoms with E-state index in [1.807, 2.05) is 17.9 Å². The van der Waals surface area contributed by atoms with Crippen molar-refractivity contribution in [1.82, 2.24) is 4.90 Å². The molecule has 1 saturated carbocycles. The fraction of sp³-hybridized carbons (Fsp3) is 0.611. The molecule has 1 atom stereocenters. The van der Waals surface area contributed by atoms with Gasteiger partial charge >= 0.3 is 0 Å². The Bertz CT molecular complexity index is 563. The van der Waals surface area contributed by atoms with Gasteiger partial charge in [0.05, 0.1) is 22.8 Å². The standard InChI is InChI=1S/C18H24ClNO3/c1-12(21)13-7-9-20(10-8-13)18(22)16-6-5-15(11-17(16)19)23-14-3-2-4-14/h5-6,11-14,21H,2-4,7-10H2,1H3. The van der Waals surface area contributed by atoms with E-state index in [4.69, 9.17) is 16.3 Å². The molecule has 1 N–H and O–H groups in total. The van der Waals surface area contributed by atoms with Crippen LogP contribution in [0.15, 0.2) is 18.2 Å². The number of hydrogen-bond acceptors (Lipinski definition) is 3. The van der Waals surface area contributed by atoms with E-state index in [0.29, 0.717) is 29.8 Å². The molecule has 3 rings (SSSR count). The van der Waals surface area contributed by atoms with E-state index in [0.717, 1.165) is 31.4 Å². The molecule has 1 heterocycles. The molecule has 1 aliphatic heterocycles. The summed E-state index contributed by atoms with van der Waals surface area (Å²) >= 11 is 6.30. The highest BCUT2D eigenvalue weighted by molar-refractivity contribution is 6.34. The molecule has 23 heavy (non-hydrogen) atoms. The predicted molar refractivity (Wildman–Crippen MR) is 90.0 cm³/mol. The fourth-order valence-electron chi connectivity index (χ4n) is 3.18. The molecule has 126 valence electrons. The molecule has 0 bridgehead atoms. The van der Waals surface area contributed by atoms with Crippen LogP contribution in [0.4, 0.5) is 0 Å². The first-order valence-electron chi connectivity index (χ1n) is 8.48. The first-order valence-corrected chi connectivity index (χ1v) is 8.86. The summed E-state index contributed by atoms with van der Waals surface area (Å²) in [7, 11) is 0. The number of nitrogens with zero attached hydrogens (tertiary/aromatic N) is 1. The summed E-state index contributed by atoms with van der Waals surface area (Å²) in [5.41, 5.74) is 0.531. The summed E-state index contributed by atoms with van der Waals surface area (Å²) < 4.78 is 5.81. The van der Waals surface area contributed by atoms with Crippen LogP contribution in [-0.4, -0.2) is 41.2 Å². The molecule has 1 saturated heterocycles. The Morgan fingerprint density at radius 2 is 2.00 bits per heavy atom. The van der Waals surface area contributed by atoms with Crippen LogP contribution in [0, 0.1) is 5.92 Å². The third-order valence-corrected chi connectivity index (χ3v) is 5.35. The Labute approximate surface area is 142 Å². The van der Waals surface area contributed by atoms with Gasteiger partial charge in [-0.05, 0) is 63.1 Å². The lowest BCUT2D eigenvalue weighted by Crippen LogP contribution is -2.40. The topological polar surface area (TPSA) is 49.8 Å². The maximum absolute atomic E-state index is 12.6. The van der Waals surface area contributed by atoms with E-state index in [9.17, 15) is 9.90 Å². The van der Waals surface area contributed by atoms with E-state index in [1.165, 1.54) is 6.42 Å². The molecule has 1 aromatic carbocycles. The Morgan fingerprint density at radius 3 is 2.52 bits per heavy atom. The Hall–Kier alpha value is -1.26. The SMILES string of the molecule is CC(O)C1CCN(C(=O)c2ccc(OC3CCC3)cc2Cl)CC1. The van der Waals surface area contributed by atoms with Crippen LogP contribution in [0.5, 0.6) is 5.75 Å². The summed E-state index contributed by atoms with van der Waals surface area (Å²) in [6, 6.07) is 5.34. The van der Waals surface area contributed by atoms with Gasteiger partial charge in [0.2, 0.25) is 0 Å². The van der Waals surface area contributed by atoms with Gasteiger partial charge in [-0.3, -0.25) is 4.79 Å². The number of benzene rings is 1. The molecular formula is C18H24ClNO3.